The maximum Gasteiger partial charge on any atom is 0.414 e. The molecular weight excluding hydrogens is 396 g/mol. The highest BCUT2D eigenvalue weighted by Crippen LogP contribution is 2.29. The molecule has 0 N–H and O–H groups in total. The first-order valence-corrected chi connectivity index (χ1v) is 13.4. The summed E-state index contributed by atoms with van der Waals surface area (Å²) in [6.07, 6.45) is -0.472. The van der Waals surface area contributed by atoms with E-state index in [1.807, 2.05) is 30.7 Å². The number of amides is 1. The first kappa shape index (κ1) is 23.6. The van der Waals surface area contributed by atoms with Gasteiger partial charge in [0.15, 0.2) is 8.32 Å². The number of aromatic nitrogens is 2. The van der Waals surface area contributed by atoms with E-state index in [9.17, 15) is 10.1 Å². The van der Waals surface area contributed by atoms with E-state index in [1.54, 1.807) is 17.0 Å². The largest absolute Gasteiger partial charge is 0.452 e. The number of carbonyl (C=O) groups excluding carboxylic acids is 1. The normalized spacial score (nSPS) is 11.8. The Morgan fingerprint density at radius 3 is 2.53 bits per heavy atom. The molecule has 0 aliphatic rings. The fourth-order valence-electron chi connectivity index (χ4n) is 3.72. The molecule has 162 valence electrons. The number of ether oxygens (including phenoxy) is 1. The first-order valence-electron chi connectivity index (χ1n) is 9.95. The van der Waals surface area contributed by atoms with E-state index >= 15 is 0 Å². The molecule has 0 saturated carbocycles. The van der Waals surface area contributed by atoms with Crippen LogP contribution in [0.2, 0.25) is 19.6 Å². The van der Waals surface area contributed by atoms with Crippen molar-refractivity contribution >= 4 is 20.1 Å². The molecule has 0 spiro atoms. The van der Waals surface area contributed by atoms with Crippen LogP contribution in [-0.2, 0) is 22.3 Å². The van der Waals surface area contributed by atoms with Gasteiger partial charge in [0.05, 0.1) is 54.5 Å². The van der Waals surface area contributed by atoms with E-state index < -0.39 is 14.4 Å². The van der Waals surface area contributed by atoms with Crippen LogP contribution in [0.5, 0.6) is 0 Å². The summed E-state index contributed by atoms with van der Waals surface area (Å²) in [6.45, 7) is 15.3. The second-order valence-electron chi connectivity index (χ2n) is 9.02. The van der Waals surface area contributed by atoms with Crippen LogP contribution in [0.25, 0.3) is 0 Å². The molecule has 7 nitrogen and oxygen atoms in total. The van der Waals surface area contributed by atoms with Gasteiger partial charge in [-0.2, -0.15) is 10.4 Å². The quantitative estimate of drug-likeness (QED) is 0.593. The third-order valence-corrected chi connectivity index (χ3v) is 5.68. The van der Waals surface area contributed by atoms with Gasteiger partial charge in [-0.25, -0.2) is 4.79 Å². The van der Waals surface area contributed by atoms with E-state index in [0.29, 0.717) is 17.8 Å². The SMILES string of the molecule is COC(=O)N(Cc1cccc(C#N)c1)c1c(C)nn(CC(C)(C)O[Si](C)(C)C)c1C. The van der Waals surface area contributed by atoms with Gasteiger partial charge in [0.25, 0.3) is 0 Å². The van der Waals surface area contributed by atoms with Crippen molar-refractivity contribution in [2.75, 3.05) is 12.0 Å². The fraction of sp³-hybridized carbons (Fsp3) is 0.500. The summed E-state index contributed by atoms with van der Waals surface area (Å²) in [5.74, 6) is 0. The molecule has 0 fully saturated rings. The Bertz CT molecular complexity index is 954. The van der Waals surface area contributed by atoms with Gasteiger partial charge in [0.2, 0.25) is 0 Å². The van der Waals surface area contributed by atoms with Gasteiger partial charge in [-0.3, -0.25) is 9.58 Å². The van der Waals surface area contributed by atoms with E-state index in [0.717, 1.165) is 17.0 Å². The number of benzene rings is 1. The summed E-state index contributed by atoms with van der Waals surface area (Å²) in [4.78, 5) is 14.2. The van der Waals surface area contributed by atoms with Crippen molar-refractivity contribution in [2.24, 2.45) is 0 Å². The number of hydrogen-bond acceptors (Lipinski definition) is 5. The van der Waals surface area contributed by atoms with Crippen LogP contribution in [0.15, 0.2) is 24.3 Å². The molecule has 0 aliphatic carbocycles. The molecular formula is C22H32N4O3Si. The van der Waals surface area contributed by atoms with Crippen LogP contribution < -0.4 is 4.90 Å². The predicted octanol–water partition coefficient (Wildman–Crippen LogP) is 4.77. The Labute approximate surface area is 180 Å². The summed E-state index contributed by atoms with van der Waals surface area (Å²) < 4.78 is 13.3. The summed E-state index contributed by atoms with van der Waals surface area (Å²) in [7, 11) is -0.366. The molecule has 0 unspecified atom stereocenters. The van der Waals surface area contributed by atoms with Crippen LogP contribution in [0.4, 0.5) is 10.5 Å². The van der Waals surface area contributed by atoms with Crippen molar-refractivity contribution in [1.29, 1.82) is 5.26 Å². The highest BCUT2D eigenvalue weighted by molar-refractivity contribution is 6.69. The Morgan fingerprint density at radius 1 is 1.30 bits per heavy atom. The van der Waals surface area contributed by atoms with Crippen LogP contribution in [0.1, 0.15) is 36.4 Å². The van der Waals surface area contributed by atoms with Gasteiger partial charge in [-0.15, -0.1) is 0 Å². The zero-order valence-electron chi connectivity index (χ0n) is 19.2. The Hall–Kier alpha value is -2.63. The van der Waals surface area contributed by atoms with Gasteiger partial charge in [0, 0.05) is 0 Å². The molecule has 2 aromatic rings. The zero-order chi connectivity index (χ0) is 22.7. The number of hydrogen-bond donors (Lipinski definition) is 0. The monoisotopic (exact) mass is 428 g/mol. The van der Waals surface area contributed by atoms with Gasteiger partial charge in [0.1, 0.15) is 0 Å². The van der Waals surface area contributed by atoms with Crippen molar-refractivity contribution in [3.05, 3.63) is 46.8 Å². The lowest BCUT2D eigenvalue weighted by Gasteiger charge is -2.33. The molecule has 30 heavy (non-hydrogen) atoms. The molecule has 1 heterocycles. The average Bonchev–Trinajstić information content (AvgIpc) is 2.90. The average molecular weight is 429 g/mol. The number of nitrogens with zero attached hydrogens (tertiary/aromatic N) is 4. The van der Waals surface area contributed by atoms with Crippen LogP contribution in [0, 0.1) is 25.2 Å². The third kappa shape index (κ3) is 5.94. The number of rotatable bonds is 7. The second-order valence-corrected chi connectivity index (χ2v) is 13.4. The van der Waals surface area contributed by atoms with E-state index in [1.165, 1.54) is 7.11 Å². The number of anilines is 1. The van der Waals surface area contributed by atoms with Gasteiger partial charge >= 0.3 is 6.09 Å². The van der Waals surface area contributed by atoms with Gasteiger partial charge in [-0.1, -0.05) is 12.1 Å². The Morgan fingerprint density at radius 2 is 1.97 bits per heavy atom. The van der Waals surface area contributed by atoms with Gasteiger partial charge < -0.3 is 9.16 Å². The van der Waals surface area contributed by atoms with Crippen molar-refractivity contribution in [3.63, 3.8) is 0 Å². The lowest BCUT2D eigenvalue weighted by molar-refractivity contribution is 0.0765. The fourth-order valence-corrected chi connectivity index (χ4v) is 5.44. The number of methoxy groups -OCH3 is 1. The lowest BCUT2D eigenvalue weighted by atomic mass is 10.1. The molecule has 0 saturated heterocycles. The van der Waals surface area contributed by atoms with Crippen LogP contribution >= 0.6 is 0 Å². The molecule has 1 aromatic heterocycles. The highest BCUT2D eigenvalue weighted by atomic mass is 28.4. The second kappa shape index (κ2) is 9.02. The van der Waals surface area contributed by atoms with E-state index in [2.05, 4.69) is 44.7 Å². The maximum absolute atomic E-state index is 12.6. The molecule has 0 aliphatic heterocycles. The number of aryl methyl sites for hydroxylation is 1. The smallest absolute Gasteiger partial charge is 0.414 e. The first-order chi connectivity index (χ1) is 13.9. The van der Waals surface area contributed by atoms with Crippen molar-refractivity contribution in [1.82, 2.24) is 9.78 Å². The zero-order valence-corrected chi connectivity index (χ0v) is 20.2. The summed E-state index contributed by atoms with van der Waals surface area (Å²) in [5.41, 5.74) is 3.31. The molecule has 8 heteroatoms. The minimum Gasteiger partial charge on any atom is -0.452 e. The number of nitriles is 1. The molecule has 0 atom stereocenters. The molecule has 1 amide bonds. The maximum atomic E-state index is 12.6. The summed E-state index contributed by atoms with van der Waals surface area (Å²) >= 11 is 0. The molecule has 1 aromatic carbocycles. The van der Waals surface area contributed by atoms with Gasteiger partial charge in [-0.05, 0) is 65.0 Å². The third-order valence-electron chi connectivity index (χ3n) is 4.52. The molecule has 2 rings (SSSR count). The minimum atomic E-state index is -1.73. The summed E-state index contributed by atoms with van der Waals surface area (Å²) in [6, 6.07) is 9.34. The summed E-state index contributed by atoms with van der Waals surface area (Å²) in [5, 5.41) is 13.9. The number of carbonyl (C=O) groups is 1. The highest BCUT2D eigenvalue weighted by Gasteiger charge is 2.30. The predicted molar refractivity (Wildman–Crippen MR) is 120 cm³/mol. The van der Waals surface area contributed by atoms with Crippen molar-refractivity contribution in [3.8, 4) is 6.07 Å². The van der Waals surface area contributed by atoms with Crippen LogP contribution in [-0.4, -0.2) is 36.9 Å². The van der Waals surface area contributed by atoms with Crippen LogP contribution in [0.3, 0.4) is 0 Å². The van der Waals surface area contributed by atoms with Crippen molar-refractivity contribution < 1.29 is 14.0 Å². The van der Waals surface area contributed by atoms with E-state index in [4.69, 9.17) is 9.16 Å². The standard InChI is InChI=1S/C22H32N4O3Si/c1-16-20(17(2)26(24-16)15-22(3,4)29-30(6,7)8)25(21(27)28-5)14-19-11-9-10-18(12-19)13-23/h9-12H,14-15H2,1-8H3. The Balaban J connectivity index is 2.40. The minimum absolute atomic E-state index is 0.282. The molecule has 0 radical (unpaired) electrons. The van der Waals surface area contributed by atoms with E-state index in [-0.39, 0.29) is 12.1 Å². The lowest BCUT2D eigenvalue weighted by Crippen LogP contribution is -2.41. The Kier molecular flexibility index (Phi) is 7.11. The topological polar surface area (TPSA) is 80.4 Å². The molecule has 0 bridgehead atoms. The van der Waals surface area contributed by atoms with Crippen molar-refractivity contribution in [2.45, 2.75) is 66.0 Å².